The van der Waals surface area contributed by atoms with Gasteiger partial charge in [0.15, 0.2) is 6.10 Å². The fourth-order valence-corrected chi connectivity index (χ4v) is 1.44. The van der Waals surface area contributed by atoms with Crippen molar-refractivity contribution in [2.45, 2.75) is 20.0 Å². The van der Waals surface area contributed by atoms with Gasteiger partial charge < -0.3 is 19.2 Å². The van der Waals surface area contributed by atoms with Crippen LogP contribution >= 0.6 is 0 Å². The van der Waals surface area contributed by atoms with Gasteiger partial charge in [-0.25, -0.2) is 4.79 Å². The summed E-state index contributed by atoms with van der Waals surface area (Å²) in [5.74, 6) is -1.05. The van der Waals surface area contributed by atoms with Crippen LogP contribution in [-0.2, 0) is 14.3 Å². The smallest absolute Gasteiger partial charge is 0.375 e. The van der Waals surface area contributed by atoms with Crippen LogP contribution in [-0.4, -0.2) is 38.2 Å². The predicted octanol–water partition coefficient (Wildman–Crippen LogP) is 1.22. The van der Waals surface area contributed by atoms with E-state index in [9.17, 15) is 9.59 Å². The minimum absolute atomic E-state index is 0.0790. The lowest BCUT2D eigenvalue weighted by molar-refractivity contribution is -0.132. The van der Waals surface area contributed by atoms with Gasteiger partial charge in [-0.2, -0.15) is 0 Å². The lowest BCUT2D eigenvalue weighted by Gasteiger charge is -2.20. The third-order valence-electron chi connectivity index (χ3n) is 2.43. The van der Waals surface area contributed by atoms with Crippen LogP contribution in [0.1, 0.15) is 24.4 Å². The highest BCUT2D eigenvalue weighted by Crippen LogP contribution is 2.11. The molecule has 1 aromatic rings. The van der Waals surface area contributed by atoms with Crippen LogP contribution in [0.25, 0.3) is 0 Å². The number of hydrogen-bond donors (Lipinski definition) is 1. The third kappa shape index (κ3) is 4.75. The highest BCUT2D eigenvalue weighted by atomic mass is 16.6. The number of carbonyl (C=O) groups excluding carboxylic acids is 2. The first-order valence-corrected chi connectivity index (χ1v) is 6.07. The van der Waals surface area contributed by atoms with Gasteiger partial charge in [0, 0.05) is 13.7 Å². The number of esters is 1. The highest BCUT2D eigenvalue weighted by Gasteiger charge is 2.27. The maximum atomic E-state index is 11.9. The van der Waals surface area contributed by atoms with Gasteiger partial charge in [-0.3, -0.25) is 4.79 Å². The first-order chi connectivity index (χ1) is 9.06. The van der Waals surface area contributed by atoms with Crippen LogP contribution < -0.4 is 5.32 Å². The second kappa shape index (κ2) is 7.58. The largest absolute Gasteiger partial charge is 0.457 e. The van der Waals surface area contributed by atoms with Gasteiger partial charge in [-0.1, -0.05) is 13.8 Å². The van der Waals surface area contributed by atoms with E-state index in [-0.39, 0.29) is 17.6 Å². The Hall–Kier alpha value is -1.82. The molecule has 19 heavy (non-hydrogen) atoms. The monoisotopic (exact) mass is 269 g/mol. The summed E-state index contributed by atoms with van der Waals surface area (Å²) in [5.41, 5.74) is 0. The normalized spacial score (nSPS) is 12.2. The zero-order valence-electron chi connectivity index (χ0n) is 11.3. The molecule has 1 amide bonds. The molecule has 0 aliphatic rings. The quantitative estimate of drug-likeness (QED) is 0.595. The highest BCUT2D eigenvalue weighted by molar-refractivity contribution is 5.90. The van der Waals surface area contributed by atoms with E-state index in [0.717, 1.165) is 0 Å². The third-order valence-corrected chi connectivity index (χ3v) is 2.43. The first kappa shape index (κ1) is 15.2. The second-order valence-corrected chi connectivity index (χ2v) is 4.33. The van der Waals surface area contributed by atoms with Gasteiger partial charge in [0.25, 0.3) is 5.91 Å². The van der Waals surface area contributed by atoms with Crippen molar-refractivity contribution >= 4 is 11.9 Å². The van der Waals surface area contributed by atoms with Crippen molar-refractivity contribution in [3.63, 3.8) is 0 Å². The summed E-state index contributed by atoms with van der Waals surface area (Å²) in [5, 5.41) is 2.64. The van der Waals surface area contributed by atoms with E-state index in [1.807, 2.05) is 0 Å². The lowest BCUT2D eigenvalue weighted by atomic mass is 10.1. The Kier molecular flexibility index (Phi) is 6.08. The van der Waals surface area contributed by atoms with E-state index in [4.69, 9.17) is 13.9 Å². The molecule has 0 saturated heterocycles. The zero-order chi connectivity index (χ0) is 14.3. The number of rotatable bonds is 7. The number of ether oxygens (including phenoxy) is 2. The molecular weight excluding hydrogens is 250 g/mol. The minimum Gasteiger partial charge on any atom is -0.457 e. The molecule has 1 aromatic heterocycles. The van der Waals surface area contributed by atoms with Gasteiger partial charge in [0.1, 0.15) is 0 Å². The molecule has 0 bridgehead atoms. The molecule has 0 spiro atoms. The van der Waals surface area contributed by atoms with Crippen molar-refractivity contribution in [1.29, 1.82) is 0 Å². The Morgan fingerprint density at radius 2 is 2.16 bits per heavy atom. The Labute approximate surface area is 112 Å². The average Bonchev–Trinajstić information content (AvgIpc) is 2.89. The number of carbonyl (C=O) groups is 2. The fourth-order valence-electron chi connectivity index (χ4n) is 1.44. The molecule has 6 heteroatoms. The van der Waals surface area contributed by atoms with Gasteiger partial charge in [-0.15, -0.1) is 0 Å². The molecular formula is C13H19NO5. The topological polar surface area (TPSA) is 77.8 Å². The van der Waals surface area contributed by atoms with Crippen LogP contribution in [0.3, 0.4) is 0 Å². The molecule has 0 aromatic carbocycles. The van der Waals surface area contributed by atoms with Gasteiger partial charge in [-0.05, 0) is 18.1 Å². The number of amides is 1. The van der Waals surface area contributed by atoms with Crippen LogP contribution in [0.5, 0.6) is 0 Å². The van der Waals surface area contributed by atoms with Crippen molar-refractivity contribution in [3.8, 4) is 0 Å². The molecule has 1 heterocycles. The van der Waals surface area contributed by atoms with Crippen molar-refractivity contribution in [2.75, 3.05) is 20.3 Å². The summed E-state index contributed by atoms with van der Waals surface area (Å²) in [6, 6.07) is 3.07. The number of hydrogen-bond acceptors (Lipinski definition) is 5. The van der Waals surface area contributed by atoms with Gasteiger partial charge in [0.2, 0.25) is 5.76 Å². The number of methoxy groups -OCH3 is 1. The van der Waals surface area contributed by atoms with E-state index in [2.05, 4.69) is 5.32 Å². The lowest BCUT2D eigenvalue weighted by Crippen LogP contribution is -2.42. The molecule has 0 saturated carbocycles. The van der Waals surface area contributed by atoms with Gasteiger partial charge >= 0.3 is 5.97 Å². The zero-order valence-corrected chi connectivity index (χ0v) is 11.3. The van der Waals surface area contributed by atoms with Crippen LogP contribution in [0.4, 0.5) is 0 Å². The van der Waals surface area contributed by atoms with Crippen LogP contribution in [0.15, 0.2) is 22.8 Å². The molecule has 0 fully saturated rings. The summed E-state index contributed by atoms with van der Waals surface area (Å²) in [7, 11) is 1.54. The SMILES string of the molecule is COCCNC(=O)[C@@H](OC(=O)c1ccco1)C(C)C. The fraction of sp³-hybridized carbons (Fsp3) is 0.538. The Morgan fingerprint density at radius 1 is 1.42 bits per heavy atom. The standard InChI is InChI=1S/C13H19NO5/c1-9(2)11(12(15)14-6-8-17-3)19-13(16)10-5-4-7-18-10/h4-5,7,9,11H,6,8H2,1-3H3,(H,14,15)/t11-/m0/s1. The Balaban J connectivity index is 2.57. The van der Waals surface area contributed by atoms with E-state index in [1.54, 1.807) is 27.0 Å². The molecule has 0 unspecified atom stereocenters. The van der Waals surface area contributed by atoms with E-state index >= 15 is 0 Å². The summed E-state index contributed by atoms with van der Waals surface area (Å²) in [6.45, 7) is 4.38. The second-order valence-electron chi connectivity index (χ2n) is 4.33. The Bertz CT molecular complexity index is 399. The van der Waals surface area contributed by atoms with Crippen molar-refractivity contribution in [2.24, 2.45) is 5.92 Å². The van der Waals surface area contributed by atoms with E-state index in [0.29, 0.717) is 13.2 Å². The molecule has 0 radical (unpaired) electrons. The average molecular weight is 269 g/mol. The first-order valence-electron chi connectivity index (χ1n) is 6.07. The van der Waals surface area contributed by atoms with Crippen LogP contribution in [0, 0.1) is 5.92 Å². The molecule has 0 aliphatic heterocycles. The summed E-state index contributed by atoms with van der Waals surface area (Å²) in [4.78, 5) is 23.6. The van der Waals surface area contributed by atoms with Crippen molar-refractivity contribution in [3.05, 3.63) is 24.2 Å². The van der Waals surface area contributed by atoms with Gasteiger partial charge in [0.05, 0.1) is 12.9 Å². The summed E-state index contributed by atoms with van der Waals surface area (Å²) >= 11 is 0. The maximum Gasteiger partial charge on any atom is 0.375 e. The maximum absolute atomic E-state index is 11.9. The minimum atomic E-state index is -0.852. The van der Waals surface area contributed by atoms with Crippen molar-refractivity contribution in [1.82, 2.24) is 5.32 Å². The summed E-state index contributed by atoms with van der Waals surface area (Å²) < 4.78 is 14.9. The van der Waals surface area contributed by atoms with Crippen LogP contribution in [0.2, 0.25) is 0 Å². The summed E-state index contributed by atoms with van der Waals surface area (Å²) in [6.07, 6.45) is 0.522. The molecule has 1 N–H and O–H groups in total. The molecule has 106 valence electrons. The number of nitrogens with one attached hydrogen (secondary N) is 1. The Morgan fingerprint density at radius 3 is 2.68 bits per heavy atom. The van der Waals surface area contributed by atoms with Crippen molar-refractivity contribution < 1.29 is 23.5 Å². The molecule has 0 aliphatic carbocycles. The molecule has 1 atom stereocenters. The number of furan rings is 1. The predicted molar refractivity (Wildman–Crippen MR) is 67.6 cm³/mol. The van der Waals surface area contributed by atoms with E-state index < -0.39 is 12.1 Å². The molecule has 6 nitrogen and oxygen atoms in total. The van der Waals surface area contributed by atoms with E-state index in [1.165, 1.54) is 12.3 Å². The molecule has 1 rings (SSSR count).